The van der Waals surface area contributed by atoms with Crippen molar-refractivity contribution in [3.05, 3.63) is 75.1 Å². The third-order valence-corrected chi connectivity index (χ3v) is 5.47. The maximum atomic E-state index is 12.4. The zero-order valence-electron chi connectivity index (χ0n) is 16.4. The Hall–Kier alpha value is -3.20. The molecule has 0 aliphatic carbocycles. The molecule has 1 N–H and O–H groups in total. The summed E-state index contributed by atoms with van der Waals surface area (Å²) in [6.45, 7) is 6.11. The number of nitro groups is 1. The zero-order valence-corrected chi connectivity index (χ0v) is 17.2. The van der Waals surface area contributed by atoms with Crippen LogP contribution in [0.3, 0.4) is 0 Å². The van der Waals surface area contributed by atoms with Crippen molar-refractivity contribution in [1.82, 2.24) is 14.8 Å². The molecule has 1 aromatic heterocycles. The van der Waals surface area contributed by atoms with E-state index < -0.39 is 4.92 Å². The molecule has 1 amide bonds. The van der Waals surface area contributed by atoms with Crippen LogP contribution in [0.2, 0.25) is 0 Å². The van der Waals surface area contributed by atoms with E-state index in [1.165, 1.54) is 17.8 Å². The first-order chi connectivity index (χ1) is 13.8. The van der Waals surface area contributed by atoms with Gasteiger partial charge < -0.3 is 9.88 Å². The number of carbonyl (C=O) groups is 1. The van der Waals surface area contributed by atoms with E-state index in [-0.39, 0.29) is 23.0 Å². The van der Waals surface area contributed by atoms with Gasteiger partial charge in [0.25, 0.3) is 5.69 Å². The average Bonchev–Trinajstić information content (AvgIpc) is 3.03. The SMILES string of the molecule is Cc1cc(NC(=O)CSc2nnc(C)n2Cc2ccccc2)c([N+](=O)[O-])cc1C. The lowest BCUT2D eigenvalue weighted by Gasteiger charge is -2.10. The van der Waals surface area contributed by atoms with Crippen LogP contribution in [0.15, 0.2) is 47.6 Å². The lowest BCUT2D eigenvalue weighted by atomic mass is 10.1. The van der Waals surface area contributed by atoms with Gasteiger partial charge in [-0.05, 0) is 43.5 Å². The van der Waals surface area contributed by atoms with Crippen LogP contribution >= 0.6 is 11.8 Å². The summed E-state index contributed by atoms with van der Waals surface area (Å²) in [5.41, 5.74) is 2.86. The normalized spacial score (nSPS) is 10.7. The Balaban J connectivity index is 1.70. The van der Waals surface area contributed by atoms with Crippen molar-refractivity contribution in [2.45, 2.75) is 32.5 Å². The molecule has 1 heterocycles. The number of amides is 1. The van der Waals surface area contributed by atoms with Crippen molar-refractivity contribution in [2.75, 3.05) is 11.1 Å². The summed E-state index contributed by atoms with van der Waals surface area (Å²) in [5.74, 6) is 0.478. The molecular weight excluding hydrogens is 390 g/mol. The molecule has 0 unspecified atom stereocenters. The molecule has 9 heteroatoms. The first-order valence-corrected chi connectivity index (χ1v) is 9.95. The van der Waals surface area contributed by atoms with Crippen LogP contribution in [0.25, 0.3) is 0 Å². The van der Waals surface area contributed by atoms with Gasteiger partial charge in [-0.2, -0.15) is 0 Å². The van der Waals surface area contributed by atoms with E-state index in [0.717, 1.165) is 22.5 Å². The van der Waals surface area contributed by atoms with Crippen LogP contribution in [0.1, 0.15) is 22.5 Å². The first kappa shape index (κ1) is 20.5. The smallest absolute Gasteiger partial charge is 0.293 e. The Morgan fingerprint density at radius 1 is 1.14 bits per heavy atom. The second-order valence-electron chi connectivity index (χ2n) is 6.65. The number of thioether (sulfide) groups is 1. The molecule has 0 saturated carbocycles. The monoisotopic (exact) mass is 411 g/mol. The molecule has 3 rings (SSSR count). The van der Waals surface area contributed by atoms with E-state index >= 15 is 0 Å². The van der Waals surface area contributed by atoms with Gasteiger partial charge in [0.2, 0.25) is 5.91 Å². The fraction of sp³-hybridized carbons (Fsp3) is 0.250. The van der Waals surface area contributed by atoms with Gasteiger partial charge in [-0.1, -0.05) is 42.1 Å². The maximum Gasteiger partial charge on any atom is 0.293 e. The fourth-order valence-corrected chi connectivity index (χ4v) is 3.57. The molecule has 0 spiro atoms. The average molecular weight is 411 g/mol. The number of carbonyl (C=O) groups excluding carboxylic acids is 1. The maximum absolute atomic E-state index is 12.4. The number of nitrogens with one attached hydrogen (secondary N) is 1. The number of aryl methyl sites for hydroxylation is 3. The third kappa shape index (κ3) is 5.00. The van der Waals surface area contributed by atoms with E-state index in [9.17, 15) is 14.9 Å². The number of nitrogens with zero attached hydrogens (tertiary/aromatic N) is 4. The topological polar surface area (TPSA) is 103 Å². The summed E-state index contributed by atoms with van der Waals surface area (Å²) >= 11 is 1.24. The van der Waals surface area contributed by atoms with E-state index in [1.807, 2.05) is 48.7 Å². The van der Waals surface area contributed by atoms with Crippen molar-refractivity contribution < 1.29 is 9.72 Å². The predicted octanol–water partition coefficient (Wildman–Crippen LogP) is 3.89. The van der Waals surface area contributed by atoms with Crippen LogP contribution in [-0.4, -0.2) is 31.3 Å². The molecule has 8 nitrogen and oxygen atoms in total. The number of benzene rings is 2. The van der Waals surface area contributed by atoms with Crippen molar-refractivity contribution in [3.63, 3.8) is 0 Å². The first-order valence-electron chi connectivity index (χ1n) is 8.97. The minimum Gasteiger partial charge on any atom is -0.320 e. The number of aromatic nitrogens is 3. The van der Waals surface area contributed by atoms with Crippen molar-refractivity contribution in [2.24, 2.45) is 0 Å². The Kier molecular flexibility index (Phi) is 6.28. The van der Waals surface area contributed by atoms with Gasteiger partial charge >= 0.3 is 0 Å². The van der Waals surface area contributed by atoms with Gasteiger partial charge in [0, 0.05) is 6.07 Å². The summed E-state index contributed by atoms with van der Waals surface area (Å²) in [4.78, 5) is 23.2. The molecule has 2 aromatic carbocycles. The molecule has 0 atom stereocenters. The molecule has 150 valence electrons. The summed E-state index contributed by atoms with van der Waals surface area (Å²) in [6.07, 6.45) is 0. The van der Waals surface area contributed by atoms with E-state index in [1.54, 1.807) is 13.0 Å². The largest absolute Gasteiger partial charge is 0.320 e. The van der Waals surface area contributed by atoms with E-state index in [2.05, 4.69) is 15.5 Å². The highest BCUT2D eigenvalue weighted by Crippen LogP contribution is 2.28. The lowest BCUT2D eigenvalue weighted by molar-refractivity contribution is -0.384. The zero-order chi connectivity index (χ0) is 21.0. The number of hydrogen-bond donors (Lipinski definition) is 1. The van der Waals surface area contributed by atoms with Crippen molar-refractivity contribution in [3.8, 4) is 0 Å². The molecule has 0 bridgehead atoms. The minimum atomic E-state index is -0.491. The molecule has 0 saturated heterocycles. The quantitative estimate of drug-likeness (QED) is 0.359. The standard InChI is InChI=1S/C20H21N5O3S/c1-13-9-17(18(25(27)28)10-14(13)2)21-19(26)12-29-20-23-22-15(3)24(20)11-16-7-5-4-6-8-16/h4-10H,11-12H2,1-3H3,(H,21,26). The highest BCUT2D eigenvalue weighted by atomic mass is 32.2. The summed E-state index contributed by atoms with van der Waals surface area (Å²) in [5, 5.41) is 22.8. The van der Waals surface area contributed by atoms with Crippen LogP contribution in [-0.2, 0) is 11.3 Å². The highest BCUT2D eigenvalue weighted by molar-refractivity contribution is 7.99. The van der Waals surface area contributed by atoms with Gasteiger partial charge in [0.05, 0.1) is 17.2 Å². The molecule has 0 aliphatic heterocycles. The van der Waals surface area contributed by atoms with Crippen LogP contribution in [0.4, 0.5) is 11.4 Å². The summed E-state index contributed by atoms with van der Waals surface area (Å²) in [6, 6.07) is 13.0. The fourth-order valence-electron chi connectivity index (χ4n) is 2.78. The number of anilines is 1. The minimum absolute atomic E-state index is 0.0665. The molecule has 0 radical (unpaired) electrons. The number of rotatable bonds is 7. The van der Waals surface area contributed by atoms with Crippen molar-refractivity contribution in [1.29, 1.82) is 0 Å². The molecular formula is C20H21N5O3S. The molecule has 3 aromatic rings. The highest BCUT2D eigenvalue weighted by Gasteiger charge is 2.18. The van der Waals surface area contributed by atoms with Gasteiger partial charge in [0.1, 0.15) is 11.5 Å². The van der Waals surface area contributed by atoms with Crippen LogP contribution < -0.4 is 5.32 Å². The second kappa shape index (κ2) is 8.87. The molecule has 29 heavy (non-hydrogen) atoms. The van der Waals surface area contributed by atoms with Gasteiger partial charge in [-0.3, -0.25) is 14.9 Å². The van der Waals surface area contributed by atoms with E-state index in [0.29, 0.717) is 11.7 Å². The molecule has 0 fully saturated rings. The van der Waals surface area contributed by atoms with Gasteiger partial charge in [-0.15, -0.1) is 10.2 Å². The predicted molar refractivity (Wildman–Crippen MR) is 112 cm³/mol. The Morgan fingerprint density at radius 2 is 1.83 bits per heavy atom. The van der Waals surface area contributed by atoms with Crippen molar-refractivity contribution >= 4 is 29.0 Å². The Morgan fingerprint density at radius 3 is 2.52 bits per heavy atom. The van der Waals surface area contributed by atoms with Crippen LogP contribution in [0.5, 0.6) is 0 Å². The molecule has 0 aliphatic rings. The van der Waals surface area contributed by atoms with Crippen LogP contribution in [0, 0.1) is 30.9 Å². The Labute approximate surface area is 172 Å². The second-order valence-corrected chi connectivity index (χ2v) is 7.59. The number of nitro benzene ring substituents is 1. The summed E-state index contributed by atoms with van der Waals surface area (Å²) < 4.78 is 1.94. The Bertz CT molecular complexity index is 1050. The van der Waals surface area contributed by atoms with E-state index in [4.69, 9.17) is 0 Å². The third-order valence-electron chi connectivity index (χ3n) is 4.50. The lowest BCUT2D eigenvalue weighted by Crippen LogP contribution is -2.16. The van der Waals surface area contributed by atoms with Gasteiger partial charge in [-0.25, -0.2) is 0 Å². The summed E-state index contributed by atoms with van der Waals surface area (Å²) in [7, 11) is 0. The number of hydrogen-bond acceptors (Lipinski definition) is 6. The van der Waals surface area contributed by atoms with Gasteiger partial charge in [0.15, 0.2) is 5.16 Å².